The van der Waals surface area contributed by atoms with Crippen LogP contribution in [-0.4, -0.2) is 72.0 Å². The van der Waals surface area contributed by atoms with E-state index in [0.717, 1.165) is 50.3 Å². The Morgan fingerprint density at radius 1 is 1.38 bits per heavy atom. The predicted molar refractivity (Wildman–Crippen MR) is 82.4 cm³/mol. The average Bonchev–Trinajstić information content (AvgIpc) is 3.00. The molecular formula is C15H21N5O. The van der Waals surface area contributed by atoms with E-state index in [1.165, 1.54) is 0 Å². The molecule has 1 aliphatic rings. The maximum absolute atomic E-state index is 12.4. The number of nitrogens with zero attached hydrogens (tertiary/aromatic N) is 3. The van der Waals surface area contributed by atoms with Gasteiger partial charge in [-0.05, 0) is 18.2 Å². The van der Waals surface area contributed by atoms with E-state index in [-0.39, 0.29) is 5.91 Å². The first-order valence-electron chi connectivity index (χ1n) is 7.36. The molecule has 112 valence electrons. The molecule has 1 amide bonds. The summed E-state index contributed by atoms with van der Waals surface area (Å²) in [5, 5.41) is 3.33. The van der Waals surface area contributed by atoms with E-state index in [1.54, 1.807) is 11.2 Å². The number of aromatic amines is 1. The number of piperazine rings is 1. The van der Waals surface area contributed by atoms with Crippen molar-refractivity contribution in [2.24, 2.45) is 0 Å². The fraction of sp³-hybridized carbons (Fsp3) is 0.467. The Morgan fingerprint density at radius 3 is 3.00 bits per heavy atom. The van der Waals surface area contributed by atoms with Gasteiger partial charge in [0.1, 0.15) is 0 Å². The van der Waals surface area contributed by atoms with E-state index in [2.05, 4.69) is 20.2 Å². The average molecular weight is 287 g/mol. The van der Waals surface area contributed by atoms with Crippen LogP contribution in [0.25, 0.3) is 11.0 Å². The summed E-state index contributed by atoms with van der Waals surface area (Å²) in [6, 6.07) is 5.59. The number of rotatable bonds is 4. The molecule has 6 nitrogen and oxygen atoms in total. The highest BCUT2D eigenvalue weighted by Crippen LogP contribution is 2.13. The normalized spacial score (nSPS) is 16.2. The molecule has 2 N–H and O–H groups in total. The Balaban J connectivity index is 1.60. The van der Waals surface area contributed by atoms with Gasteiger partial charge in [0.2, 0.25) is 0 Å². The molecule has 0 spiro atoms. The van der Waals surface area contributed by atoms with Crippen molar-refractivity contribution in [3.8, 4) is 0 Å². The second-order valence-electron chi connectivity index (χ2n) is 5.45. The zero-order valence-electron chi connectivity index (χ0n) is 12.3. The summed E-state index contributed by atoms with van der Waals surface area (Å²) in [6.07, 6.45) is 1.65. The molecule has 1 aliphatic heterocycles. The number of nitrogens with one attached hydrogen (secondary N) is 2. The van der Waals surface area contributed by atoms with Crippen LogP contribution >= 0.6 is 0 Å². The summed E-state index contributed by atoms with van der Waals surface area (Å²) >= 11 is 0. The van der Waals surface area contributed by atoms with Crippen LogP contribution in [0, 0.1) is 0 Å². The van der Waals surface area contributed by atoms with Gasteiger partial charge in [0.25, 0.3) is 5.91 Å². The van der Waals surface area contributed by atoms with Crippen molar-refractivity contribution >= 4 is 16.9 Å². The quantitative estimate of drug-likeness (QED) is 0.861. The van der Waals surface area contributed by atoms with Gasteiger partial charge in [-0.1, -0.05) is 0 Å². The van der Waals surface area contributed by atoms with Gasteiger partial charge in [-0.3, -0.25) is 9.69 Å². The van der Waals surface area contributed by atoms with Crippen molar-refractivity contribution in [3.63, 3.8) is 0 Å². The Kier molecular flexibility index (Phi) is 4.17. The molecule has 0 saturated carbocycles. The van der Waals surface area contributed by atoms with Crippen molar-refractivity contribution in [1.29, 1.82) is 0 Å². The lowest BCUT2D eigenvalue weighted by atomic mass is 10.2. The molecule has 0 bridgehead atoms. The molecule has 0 aliphatic carbocycles. The van der Waals surface area contributed by atoms with Gasteiger partial charge in [-0.25, -0.2) is 4.98 Å². The van der Waals surface area contributed by atoms with Crippen molar-refractivity contribution in [1.82, 2.24) is 25.1 Å². The lowest BCUT2D eigenvalue weighted by Crippen LogP contribution is -2.46. The second kappa shape index (κ2) is 6.24. The van der Waals surface area contributed by atoms with E-state index in [4.69, 9.17) is 0 Å². The van der Waals surface area contributed by atoms with Crippen LogP contribution in [-0.2, 0) is 0 Å². The number of hydrogen-bond acceptors (Lipinski definition) is 4. The van der Waals surface area contributed by atoms with E-state index in [1.807, 2.05) is 25.2 Å². The highest BCUT2D eigenvalue weighted by molar-refractivity contribution is 5.97. The highest BCUT2D eigenvalue weighted by Gasteiger charge is 2.15. The molecule has 1 fully saturated rings. The van der Waals surface area contributed by atoms with Gasteiger partial charge < -0.3 is 15.2 Å². The highest BCUT2D eigenvalue weighted by atomic mass is 16.2. The Hall–Kier alpha value is -1.92. The number of hydrogen-bond donors (Lipinski definition) is 2. The molecular weight excluding hydrogens is 266 g/mol. The zero-order valence-corrected chi connectivity index (χ0v) is 12.3. The molecule has 2 heterocycles. The Labute approximate surface area is 124 Å². The molecule has 1 aromatic carbocycles. The van der Waals surface area contributed by atoms with Crippen molar-refractivity contribution in [2.75, 3.05) is 46.3 Å². The summed E-state index contributed by atoms with van der Waals surface area (Å²) < 4.78 is 0. The molecule has 3 rings (SSSR count). The van der Waals surface area contributed by atoms with Crippen molar-refractivity contribution in [2.45, 2.75) is 0 Å². The largest absolute Gasteiger partial charge is 0.345 e. The van der Waals surface area contributed by atoms with Gasteiger partial charge in [-0.2, -0.15) is 0 Å². The number of H-pyrrole nitrogens is 1. The minimum Gasteiger partial charge on any atom is -0.345 e. The number of likely N-dealkylation sites (N-methyl/N-ethyl adjacent to an activating group) is 1. The SMILES string of the molecule is CN(CCN1CCNCC1)C(=O)c1ccc2nc[nH]c2c1. The topological polar surface area (TPSA) is 64.3 Å². The number of aromatic nitrogens is 2. The lowest BCUT2D eigenvalue weighted by molar-refractivity contribution is 0.0775. The molecule has 2 aromatic rings. The summed E-state index contributed by atoms with van der Waals surface area (Å²) in [7, 11) is 1.86. The monoisotopic (exact) mass is 287 g/mol. The summed E-state index contributed by atoms with van der Waals surface area (Å²) in [5.74, 6) is 0.0571. The Morgan fingerprint density at radius 2 is 2.19 bits per heavy atom. The second-order valence-corrected chi connectivity index (χ2v) is 5.45. The van der Waals surface area contributed by atoms with Crippen LogP contribution in [0.2, 0.25) is 0 Å². The van der Waals surface area contributed by atoms with Gasteiger partial charge >= 0.3 is 0 Å². The van der Waals surface area contributed by atoms with Gasteiger partial charge in [0.15, 0.2) is 0 Å². The molecule has 1 aromatic heterocycles. The van der Waals surface area contributed by atoms with Gasteiger partial charge in [0, 0.05) is 51.9 Å². The molecule has 0 unspecified atom stereocenters. The van der Waals surface area contributed by atoms with Crippen LogP contribution in [0.4, 0.5) is 0 Å². The first kappa shape index (κ1) is 14.0. The fourth-order valence-electron chi connectivity index (χ4n) is 2.62. The molecule has 0 radical (unpaired) electrons. The van der Waals surface area contributed by atoms with Crippen molar-refractivity contribution < 1.29 is 4.79 Å². The minimum absolute atomic E-state index is 0.0571. The number of amides is 1. The third-order valence-electron chi connectivity index (χ3n) is 3.98. The number of carbonyl (C=O) groups excluding carboxylic acids is 1. The van der Waals surface area contributed by atoms with Gasteiger partial charge in [0.05, 0.1) is 17.4 Å². The van der Waals surface area contributed by atoms with Gasteiger partial charge in [-0.15, -0.1) is 0 Å². The maximum atomic E-state index is 12.4. The molecule has 21 heavy (non-hydrogen) atoms. The zero-order chi connectivity index (χ0) is 14.7. The van der Waals surface area contributed by atoms with Crippen LogP contribution in [0.5, 0.6) is 0 Å². The third-order valence-corrected chi connectivity index (χ3v) is 3.98. The van der Waals surface area contributed by atoms with Crippen LogP contribution in [0.15, 0.2) is 24.5 Å². The van der Waals surface area contributed by atoms with Crippen LogP contribution in [0.3, 0.4) is 0 Å². The smallest absolute Gasteiger partial charge is 0.253 e. The Bertz CT molecular complexity index is 617. The standard InChI is InChI=1S/C15H21N5O/c1-19(8-9-20-6-4-16-5-7-20)15(21)12-2-3-13-14(10-12)18-11-17-13/h2-3,10-11,16H,4-9H2,1H3,(H,17,18). The maximum Gasteiger partial charge on any atom is 0.253 e. The van der Waals surface area contributed by atoms with E-state index < -0.39 is 0 Å². The first-order valence-corrected chi connectivity index (χ1v) is 7.36. The summed E-state index contributed by atoms with van der Waals surface area (Å²) in [6.45, 7) is 5.86. The van der Waals surface area contributed by atoms with Crippen LogP contribution in [0.1, 0.15) is 10.4 Å². The number of benzene rings is 1. The first-order chi connectivity index (χ1) is 10.2. The molecule has 6 heteroatoms. The lowest BCUT2D eigenvalue weighted by Gasteiger charge is -2.29. The van der Waals surface area contributed by atoms with E-state index in [9.17, 15) is 4.79 Å². The molecule has 0 atom stereocenters. The number of fused-ring (bicyclic) bond motifs is 1. The van der Waals surface area contributed by atoms with E-state index >= 15 is 0 Å². The van der Waals surface area contributed by atoms with Crippen molar-refractivity contribution in [3.05, 3.63) is 30.1 Å². The van der Waals surface area contributed by atoms with E-state index in [0.29, 0.717) is 5.56 Å². The molecule has 1 saturated heterocycles. The third kappa shape index (κ3) is 3.22. The summed E-state index contributed by atoms with van der Waals surface area (Å²) in [5.41, 5.74) is 2.49. The number of carbonyl (C=O) groups is 1. The fourth-order valence-corrected chi connectivity index (χ4v) is 2.62. The number of imidazole rings is 1. The minimum atomic E-state index is 0.0571. The van der Waals surface area contributed by atoms with Crippen LogP contribution < -0.4 is 5.32 Å². The summed E-state index contributed by atoms with van der Waals surface area (Å²) in [4.78, 5) is 23.8. The predicted octanol–water partition coefficient (Wildman–Crippen LogP) is 0.540.